The van der Waals surface area contributed by atoms with Crippen LogP contribution in [0, 0.1) is 0 Å². The number of carbonyl (C=O) groups excluding carboxylic acids is 1. The van der Waals surface area contributed by atoms with Crippen molar-refractivity contribution in [1.29, 1.82) is 0 Å². The van der Waals surface area contributed by atoms with E-state index in [1.54, 1.807) is 0 Å². The zero-order valence-corrected chi connectivity index (χ0v) is 15.4. The molecular weight excluding hydrogens is 348 g/mol. The molecule has 0 saturated heterocycles. The number of benzene rings is 2. The summed E-state index contributed by atoms with van der Waals surface area (Å²) in [6, 6.07) is 5.49. The highest BCUT2D eigenvalue weighted by atomic mass is 16.5. The number of hydrogen-bond donors (Lipinski definition) is 4. The van der Waals surface area contributed by atoms with E-state index < -0.39 is 11.5 Å². The average Bonchev–Trinajstić information content (AvgIpc) is 2.63. The molecule has 2 rings (SSSR count). The molecular formula is C21H22O6. The molecule has 0 saturated carbocycles. The van der Waals surface area contributed by atoms with Gasteiger partial charge < -0.3 is 25.2 Å². The molecule has 0 radical (unpaired) electrons. The van der Waals surface area contributed by atoms with Gasteiger partial charge in [-0.15, -0.1) is 0 Å². The maximum atomic E-state index is 12.5. The fourth-order valence-corrected chi connectivity index (χ4v) is 2.47. The summed E-state index contributed by atoms with van der Waals surface area (Å²) in [5.74, 6) is -1.74. The molecule has 0 spiro atoms. The van der Waals surface area contributed by atoms with Crippen LogP contribution in [-0.2, 0) is 6.42 Å². The molecule has 0 unspecified atom stereocenters. The Morgan fingerprint density at radius 2 is 1.74 bits per heavy atom. The Balaban J connectivity index is 2.35. The maximum Gasteiger partial charge on any atom is 0.201 e. The van der Waals surface area contributed by atoms with Crippen LogP contribution in [0.15, 0.2) is 42.0 Å². The largest absolute Gasteiger partial charge is 0.504 e. The van der Waals surface area contributed by atoms with Gasteiger partial charge in [0.05, 0.1) is 7.11 Å². The molecule has 0 fully saturated rings. The molecule has 27 heavy (non-hydrogen) atoms. The predicted octanol–water partition coefficient (Wildman–Crippen LogP) is 3.92. The first kappa shape index (κ1) is 19.9. The van der Waals surface area contributed by atoms with Crippen LogP contribution in [-0.4, -0.2) is 33.3 Å². The summed E-state index contributed by atoms with van der Waals surface area (Å²) in [4.78, 5) is 12.5. The number of ether oxygens (including phenoxy) is 1. The van der Waals surface area contributed by atoms with Gasteiger partial charge in [0.1, 0.15) is 0 Å². The SMILES string of the molecule is COc1c(/C=C/C(=O)c2cc(O)c(O)c(CC=C(C)C)c2)ccc(O)c1O. The van der Waals surface area contributed by atoms with E-state index in [0.717, 1.165) is 5.57 Å². The Morgan fingerprint density at radius 3 is 2.37 bits per heavy atom. The Hall–Kier alpha value is -3.41. The summed E-state index contributed by atoms with van der Waals surface area (Å²) >= 11 is 0. The topological polar surface area (TPSA) is 107 Å². The van der Waals surface area contributed by atoms with Gasteiger partial charge in [0.25, 0.3) is 0 Å². The van der Waals surface area contributed by atoms with Crippen LogP contribution in [0.5, 0.6) is 28.7 Å². The summed E-state index contributed by atoms with van der Waals surface area (Å²) in [7, 11) is 1.33. The second kappa shape index (κ2) is 8.31. The average molecular weight is 370 g/mol. The van der Waals surface area contributed by atoms with Crippen molar-refractivity contribution >= 4 is 11.9 Å². The number of ketones is 1. The van der Waals surface area contributed by atoms with Gasteiger partial charge in [0.2, 0.25) is 5.75 Å². The van der Waals surface area contributed by atoms with Crippen molar-refractivity contribution in [3.8, 4) is 28.7 Å². The molecule has 0 aliphatic heterocycles. The van der Waals surface area contributed by atoms with Crippen molar-refractivity contribution < 1.29 is 30.0 Å². The summed E-state index contributed by atoms with van der Waals surface area (Å²) in [5.41, 5.74) is 2.09. The zero-order chi connectivity index (χ0) is 20.1. The standard InChI is InChI=1S/C21H22O6/c1-12(2)4-5-14-10-15(11-18(24)19(14)25)16(22)8-6-13-7-9-17(23)20(26)21(13)27-3/h4,6-11,23-26H,5H2,1-3H3/b8-6+. The maximum absolute atomic E-state index is 12.5. The van der Waals surface area contributed by atoms with Gasteiger partial charge >= 0.3 is 0 Å². The quantitative estimate of drug-likeness (QED) is 0.266. The van der Waals surface area contributed by atoms with Crippen molar-refractivity contribution in [1.82, 2.24) is 0 Å². The first-order chi connectivity index (χ1) is 12.7. The van der Waals surface area contributed by atoms with Gasteiger partial charge in [-0.05, 0) is 56.7 Å². The lowest BCUT2D eigenvalue weighted by Gasteiger charge is -2.09. The minimum atomic E-state index is -0.418. The smallest absolute Gasteiger partial charge is 0.201 e. The molecule has 6 nitrogen and oxygen atoms in total. The van der Waals surface area contributed by atoms with E-state index in [1.807, 2.05) is 19.9 Å². The molecule has 0 aromatic heterocycles. The lowest BCUT2D eigenvalue weighted by atomic mass is 10.0. The molecule has 0 atom stereocenters. The fourth-order valence-electron chi connectivity index (χ4n) is 2.47. The second-order valence-corrected chi connectivity index (χ2v) is 6.24. The van der Waals surface area contributed by atoms with Crippen molar-refractivity contribution in [2.45, 2.75) is 20.3 Å². The normalized spacial score (nSPS) is 10.8. The lowest BCUT2D eigenvalue weighted by molar-refractivity contribution is 0.104. The minimum Gasteiger partial charge on any atom is -0.504 e. The number of allylic oxidation sites excluding steroid dienone is 3. The van der Waals surface area contributed by atoms with Crippen LogP contribution < -0.4 is 4.74 Å². The molecule has 2 aromatic rings. The van der Waals surface area contributed by atoms with Gasteiger partial charge in [-0.25, -0.2) is 0 Å². The van der Waals surface area contributed by atoms with Gasteiger partial charge in [-0.3, -0.25) is 4.79 Å². The number of methoxy groups -OCH3 is 1. The minimum absolute atomic E-state index is 0.0388. The number of rotatable bonds is 6. The van der Waals surface area contributed by atoms with E-state index in [1.165, 1.54) is 43.5 Å². The van der Waals surface area contributed by atoms with Gasteiger partial charge in [0.15, 0.2) is 28.8 Å². The summed E-state index contributed by atoms with van der Waals surface area (Å²) in [6.45, 7) is 3.82. The highest BCUT2D eigenvalue weighted by molar-refractivity contribution is 6.07. The van der Waals surface area contributed by atoms with E-state index in [-0.39, 0.29) is 28.6 Å². The molecule has 0 bridgehead atoms. The van der Waals surface area contributed by atoms with E-state index >= 15 is 0 Å². The van der Waals surface area contributed by atoms with Crippen LogP contribution in [0.4, 0.5) is 0 Å². The number of phenols is 4. The van der Waals surface area contributed by atoms with E-state index in [4.69, 9.17) is 4.74 Å². The van der Waals surface area contributed by atoms with Crippen molar-refractivity contribution in [3.05, 3.63) is 58.7 Å². The highest BCUT2D eigenvalue weighted by Gasteiger charge is 2.14. The van der Waals surface area contributed by atoms with Crippen molar-refractivity contribution in [2.75, 3.05) is 7.11 Å². The first-order valence-electron chi connectivity index (χ1n) is 8.24. The van der Waals surface area contributed by atoms with Crippen molar-refractivity contribution in [3.63, 3.8) is 0 Å². The number of hydrogen-bond acceptors (Lipinski definition) is 6. The Bertz CT molecular complexity index is 921. The summed E-state index contributed by atoms with van der Waals surface area (Å²) in [5, 5.41) is 39.2. The van der Waals surface area contributed by atoms with Crippen molar-refractivity contribution in [2.24, 2.45) is 0 Å². The van der Waals surface area contributed by atoms with E-state index in [9.17, 15) is 25.2 Å². The number of carbonyl (C=O) groups is 1. The molecule has 6 heteroatoms. The van der Waals surface area contributed by atoms with Crippen LogP contribution in [0.25, 0.3) is 6.08 Å². The lowest BCUT2D eigenvalue weighted by Crippen LogP contribution is -1.97. The summed E-state index contributed by atoms with van der Waals surface area (Å²) < 4.78 is 5.05. The third-order valence-corrected chi connectivity index (χ3v) is 3.94. The molecule has 2 aromatic carbocycles. The Labute approximate surface area is 157 Å². The summed E-state index contributed by atoms with van der Waals surface area (Å²) in [6.07, 6.45) is 4.94. The molecule has 0 aliphatic rings. The second-order valence-electron chi connectivity index (χ2n) is 6.24. The predicted molar refractivity (Wildman–Crippen MR) is 103 cm³/mol. The zero-order valence-electron chi connectivity index (χ0n) is 15.4. The molecule has 0 aliphatic carbocycles. The van der Waals surface area contributed by atoms with E-state index in [0.29, 0.717) is 17.5 Å². The van der Waals surface area contributed by atoms with E-state index in [2.05, 4.69) is 0 Å². The monoisotopic (exact) mass is 370 g/mol. The molecule has 4 N–H and O–H groups in total. The number of phenolic OH excluding ortho intramolecular Hbond substituents is 4. The van der Waals surface area contributed by atoms with Crippen LogP contribution in [0.2, 0.25) is 0 Å². The van der Waals surface area contributed by atoms with Gasteiger partial charge in [0, 0.05) is 16.7 Å². The van der Waals surface area contributed by atoms with Gasteiger partial charge in [-0.2, -0.15) is 0 Å². The fraction of sp³-hybridized carbons (Fsp3) is 0.190. The highest BCUT2D eigenvalue weighted by Crippen LogP contribution is 2.38. The molecule has 142 valence electrons. The number of aromatic hydroxyl groups is 4. The van der Waals surface area contributed by atoms with Gasteiger partial charge in [-0.1, -0.05) is 11.6 Å². The first-order valence-corrected chi connectivity index (χ1v) is 8.24. The Kier molecular flexibility index (Phi) is 6.13. The van der Waals surface area contributed by atoms with Crippen LogP contribution >= 0.6 is 0 Å². The molecule has 0 amide bonds. The van der Waals surface area contributed by atoms with Crippen LogP contribution in [0.3, 0.4) is 0 Å². The Morgan fingerprint density at radius 1 is 1.04 bits per heavy atom. The molecule has 0 heterocycles. The third kappa shape index (κ3) is 4.61. The van der Waals surface area contributed by atoms with Crippen LogP contribution in [0.1, 0.15) is 35.3 Å². The third-order valence-electron chi connectivity index (χ3n) is 3.94.